The van der Waals surface area contributed by atoms with E-state index in [1.807, 2.05) is 0 Å². The lowest BCUT2D eigenvalue weighted by atomic mass is 10.0. The third kappa shape index (κ3) is 6.29. The molecule has 0 aliphatic rings. The number of halogens is 2. The summed E-state index contributed by atoms with van der Waals surface area (Å²) >= 11 is 11.1. The van der Waals surface area contributed by atoms with Crippen molar-refractivity contribution < 1.29 is 25.2 Å². The minimum atomic E-state index is -1.73. The lowest BCUT2D eigenvalue weighted by molar-refractivity contribution is -0.134. The molecular weight excluding hydrogens is 285 g/mol. The molecule has 0 aromatic carbocycles. The summed E-state index contributed by atoms with van der Waals surface area (Å²) in [6, 6.07) is 0. The van der Waals surface area contributed by atoms with Crippen molar-refractivity contribution in [3.63, 3.8) is 0 Å². The van der Waals surface area contributed by atoms with Crippen LogP contribution < -0.4 is 0 Å². The fraction of sp³-hybridized carbons (Fsp3) is 0.900. The zero-order chi connectivity index (χ0) is 14.1. The molecule has 0 unspecified atom stereocenters. The Kier molecular flexibility index (Phi) is 9.94. The highest BCUT2D eigenvalue weighted by Crippen LogP contribution is 2.06. The van der Waals surface area contributed by atoms with E-state index in [2.05, 4.69) is 0 Å². The maximum atomic E-state index is 10.3. The topological polar surface area (TPSA) is 101 Å². The van der Waals surface area contributed by atoms with Crippen LogP contribution in [0.15, 0.2) is 0 Å². The molecule has 0 aliphatic heterocycles. The summed E-state index contributed by atoms with van der Waals surface area (Å²) in [4.78, 5) is 12.0. The Bertz CT molecular complexity index is 228. The van der Waals surface area contributed by atoms with Crippen LogP contribution in [0.25, 0.3) is 0 Å². The van der Waals surface area contributed by atoms with E-state index in [1.165, 1.54) is 0 Å². The Morgan fingerprint density at radius 2 is 1.50 bits per heavy atom. The molecule has 4 N–H and O–H groups in total. The van der Waals surface area contributed by atoms with Crippen molar-refractivity contribution in [1.82, 2.24) is 4.90 Å². The van der Waals surface area contributed by atoms with Crippen LogP contribution in [0, 0.1) is 0 Å². The molecule has 0 amide bonds. The number of nitrogens with zero attached hydrogens (tertiary/aromatic N) is 1. The standard InChI is InChI=1S/C10H19Cl2NO5/c11-1-3-13(4-2-12)5-7(15)9(17)10(18)8(16)6-14/h6-10,15-18H,1-5H2/t7-,8-,9+,10-/m1/s1. The summed E-state index contributed by atoms with van der Waals surface area (Å²) in [7, 11) is 0. The molecule has 0 bridgehead atoms. The number of aliphatic hydroxyl groups is 4. The lowest BCUT2D eigenvalue weighted by Crippen LogP contribution is -2.49. The number of carbonyl (C=O) groups excluding carboxylic acids is 1. The Morgan fingerprint density at radius 3 is 1.89 bits per heavy atom. The van der Waals surface area contributed by atoms with Crippen LogP contribution in [0.2, 0.25) is 0 Å². The van der Waals surface area contributed by atoms with Crippen LogP contribution in [0.5, 0.6) is 0 Å². The highest BCUT2D eigenvalue weighted by molar-refractivity contribution is 6.18. The first-order chi connectivity index (χ1) is 8.47. The summed E-state index contributed by atoms with van der Waals surface area (Å²) in [5, 5.41) is 37.7. The smallest absolute Gasteiger partial charge is 0.151 e. The summed E-state index contributed by atoms with van der Waals surface area (Å²) in [6.07, 6.45) is -6.31. The van der Waals surface area contributed by atoms with Gasteiger partial charge in [0.2, 0.25) is 0 Å². The average Bonchev–Trinajstić information content (AvgIpc) is 2.36. The number of alkyl halides is 2. The summed E-state index contributed by atoms with van der Waals surface area (Å²) in [5.41, 5.74) is 0. The van der Waals surface area contributed by atoms with Crippen LogP contribution in [-0.4, -0.2) is 87.4 Å². The first kappa shape index (κ1) is 18.0. The molecule has 6 nitrogen and oxygen atoms in total. The zero-order valence-electron chi connectivity index (χ0n) is 9.82. The number of rotatable bonds is 10. The molecule has 0 rings (SSSR count). The van der Waals surface area contributed by atoms with E-state index in [1.54, 1.807) is 4.90 Å². The zero-order valence-corrected chi connectivity index (χ0v) is 11.3. The fourth-order valence-electron chi connectivity index (χ4n) is 1.42. The molecular formula is C10H19Cl2NO5. The predicted molar refractivity (Wildman–Crippen MR) is 68.0 cm³/mol. The van der Waals surface area contributed by atoms with Crippen molar-refractivity contribution in [1.29, 1.82) is 0 Å². The van der Waals surface area contributed by atoms with Crippen molar-refractivity contribution in [2.24, 2.45) is 0 Å². The quantitative estimate of drug-likeness (QED) is 0.287. The fourth-order valence-corrected chi connectivity index (χ4v) is 1.89. The van der Waals surface area contributed by atoms with Crippen molar-refractivity contribution in [2.75, 3.05) is 31.4 Å². The van der Waals surface area contributed by atoms with Gasteiger partial charge >= 0.3 is 0 Å². The van der Waals surface area contributed by atoms with Gasteiger partial charge < -0.3 is 25.2 Å². The van der Waals surface area contributed by atoms with Gasteiger partial charge in [0.1, 0.15) is 18.3 Å². The van der Waals surface area contributed by atoms with Gasteiger partial charge in [0.15, 0.2) is 6.29 Å². The average molecular weight is 304 g/mol. The van der Waals surface area contributed by atoms with Crippen molar-refractivity contribution in [3.05, 3.63) is 0 Å². The summed E-state index contributed by atoms with van der Waals surface area (Å²) in [5.74, 6) is 0.665. The predicted octanol–water partition coefficient (Wildman–Crippen LogP) is -1.59. The van der Waals surface area contributed by atoms with Crippen LogP contribution in [-0.2, 0) is 4.79 Å². The Labute approximate surface area is 116 Å². The second-order valence-corrected chi connectivity index (χ2v) is 4.61. The van der Waals surface area contributed by atoms with E-state index in [0.717, 1.165) is 0 Å². The summed E-state index contributed by atoms with van der Waals surface area (Å²) < 4.78 is 0. The molecule has 0 radical (unpaired) electrons. The maximum absolute atomic E-state index is 10.3. The molecule has 0 heterocycles. The maximum Gasteiger partial charge on any atom is 0.151 e. The van der Waals surface area contributed by atoms with Gasteiger partial charge in [-0.1, -0.05) is 0 Å². The van der Waals surface area contributed by atoms with Crippen LogP contribution >= 0.6 is 23.2 Å². The van der Waals surface area contributed by atoms with E-state index < -0.39 is 24.4 Å². The number of carbonyl (C=O) groups is 1. The van der Waals surface area contributed by atoms with Crippen LogP contribution in [0.1, 0.15) is 0 Å². The highest BCUT2D eigenvalue weighted by atomic mass is 35.5. The third-order valence-electron chi connectivity index (χ3n) is 2.48. The molecule has 18 heavy (non-hydrogen) atoms. The van der Waals surface area contributed by atoms with Crippen molar-refractivity contribution >= 4 is 29.5 Å². The highest BCUT2D eigenvalue weighted by Gasteiger charge is 2.30. The first-order valence-corrected chi connectivity index (χ1v) is 6.56. The molecule has 0 fully saturated rings. The Morgan fingerprint density at radius 1 is 1.00 bits per heavy atom. The molecule has 0 saturated carbocycles. The Balaban J connectivity index is 4.34. The molecule has 0 saturated heterocycles. The van der Waals surface area contributed by atoms with Gasteiger partial charge in [0.05, 0.1) is 6.10 Å². The molecule has 0 spiro atoms. The molecule has 4 atom stereocenters. The van der Waals surface area contributed by atoms with Gasteiger partial charge in [-0.25, -0.2) is 0 Å². The van der Waals surface area contributed by atoms with E-state index >= 15 is 0 Å². The molecule has 8 heteroatoms. The summed E-state index contributed by atoms with van der Waals surface area (Å²) in [6.45, 7) is 0.956. The Hall–Kier alpha value is 0.0500. The SMILES string of the molecule is O=C[C@@H](O)[C@@H](O)[C@@H](O)[C@H](O)CN(CCCl)CCCl. The number of aldehydes is 1. The van der Waals surface area contributed by atoms with Gasteiger partial charge in [-0.3, -0.25) is 4.90 Å². The van der Waals surface area contributed by atoms with Gasteiger partial charge in [-0.05, 0) is 0 Å². The molecule has 108 valence electrons. The minimum Gasteiger partial charge on any atom is -0.389 e. The first-order valence-electron chi connectivity index (χ1n) is 5.49. The van der Waals surface area contributed by atoms with E-state index in [-0.39, 0.29) is 12.8 Å². The van der Waals surface area contributed by atoms with Crippen molar-refractivity contribution in [3.8, 4) is 0 Å². The van der Waals surface area contributed by atoms with Crippen LogP contribution in [0.4, 0.5) is 0 Å². The van der Waals surface area contributed by atoms with E-state index in [0.29, 0.717) is 24.8 Å². The normalized spacial score (nSPS) is 18.4. The largest absolute Gasteiger partial charge is 0.389 e. The molecule has 0 aliphatic carbocycles. The van der Waals surface area contributed by atoms with Gasteiger partial charge in [-0.2, -0.15) is 0 Å². The number of hydrogen-bond acceptors (Lipinski definition) is 6. The lowest BCUT2D eigenvalue weighted by Gasteiger charge is -2.29. The molecule has 0 aromatic rings. The monoisotopic (exact) mass is 303 g/mol. The minimum absolute atomic E-state index is 0.0310. The second kappa shape index (κ2) is 9.91. The van der Waals surface area contributed by atoms with Gasteiger partial charge in [0, 0.05) is 31.4 Å². The van der Waals surface area contributed by atoms with E-state index in [4.69, 9.17) is 28.3 Å². The number of hydrogen-bond donors (Lipinski definition) is 4. The molecule has 0 aromatic heterocycles. The second-order valence-electron chi connectivity index (χ2n) is 3.85. The van der Waals surface area contributed by atoms with Gasteiger partial charge in [0.25, 0.3) is 0 Å². The number of aliphatic hydroxyl groups excluding tert-OH is 4. The van der Waals surface area contributed by atoms with Gasteiger partial charge in [-0.15, -0.1) is 23.2 Å². The van der Waals surface area contributed by atoms with Crippen molar-refractivity contribution in [2.45, 2.75) is 24.4 Å². The third-order valence-corrected chi connectivity index (χ3v) is 2.82. The van der Waals surface area contributed by atoms with E-state index in [9.17, 15) is 20.1 Å². The van der Waals surface area contributed by atoms with Crippen LogP contribution in [0.3, 0.4) is 0 Å².